The van der Waals surface area contributed by atoms with Crippen LogP contribution in [0, 0.1) is 5.92 Å². The number of hydrogen-bond acceptors (Lipinski definition) is 5. The molecule has 0 saturated carbocycles. The van der Waals surface area contributed by atoms with Crippen LogP contribution in [-0.2, 0) is 14.3 Å². The second-order valence-corrected chi connectivity index (χ2v) is 5.11. The number of carbonyl (C=O) groups is 2. The second kappa shape index (κ2) is 6.15. The van der Waals surface area contributed by atoms with Crippen LogP contribution in [0.3, 0.4) is 0 Å². The van der Waals surface area contributed by atoms with Crippen LogP contribution in [0.5, 0.6) is 0 Å². The van der Waals surface area contributed by atoms with Crippen LogP contribution in [0.15, 0.2) is 35.5 Å². The molecule has 0 aromatic heterocycles. The lowest BCUT2D eigenvalue weighted by Gasteiger charge is -2.22. The largest absolute Gasteiger partial charge is 0.454 e. The lowest BCUT2D eigenvalue weighted by atomic mass is 9.85. The van der Waals surface area contributed by atoms with Crippen LogP contribution >= 0.6 is 0 Å². The van der Waals surface area contributed by atoms with Crippen LogP contribution in [0.25, 0.3) is 0 Å². The van der Waals surface area contributed by atoms with Crippen LogP contribution in [0.1, 0.15) is 19.3 Å². The summed E-state index contributed by atoms with van der Waals surface area (Å²) < 4.78 is 5.19. The van der Waals surface area contributed by atoms with Gasteiger partial charge in [-0.05, 0) is 30.1 Å². The minimum atomic E-state index is -0.912. The van der Waals surface area contributed by atoms with Gasteiger partial charge in [0.05, 0.1) is 18.6 Å². The van der Waals surface area contributed by atoms with Crippen molar-refractivity contribution in [3.63, 3.8) is 0 Å². The lowest BCUT2D eigenvalue weighted by Crippen LogP contribution is -2.29. The van der Waals surface area contributed by atoms with Gasteiger partial charge in [0.15, 0.2) is 0 Å². The quantitative estimate of drug-likeness (QED) is 0.336. The molecule has 5 heteroatoms. The number of allylic oxidation sites excluding steroid dienone is 1. The highest BCUT2D eigenvalue weighted by molar-refractivity contribution is 5.91. The molecular weight excluding hydrogens is 260 g/mol. The van der Waals surface area contributed by atoms with Gasteiger partial charge in [-0.2, -0.15) is 0 Å². The second-order valence-electron chi connectivity index (χ2n) is 5.11. The summed E-state index contributed by atoms with van der Waals surface area (Å²) in [6, 6.07) is 0. The molecule has 20 heavy (non-hydrogen) atoms. The zero-order valence-corrected chi connectivity index (χ0v) is 11.1. The van der Waals surface area contributed by atoms with Gasteiger partial charge in [0, 0.05) is 12.0 Å². The van der Waals surface area contributed by atoms with Crippen LogP contribution in [-0.4, -0.2) is 41.3 Å². The maximum atomic E-state index is 11.6. The van der Waals surface area contributed by atoms with Crippen molar-refractivity contribution in [1.29, 1.82) is 0 Å². The van der Waals surface area contributed by atoms with Crippen molar-refractivity contribution in [3.8, 4) is 0 Å². The van der Waals surface area contributed by atoms with E-state index >= 15 is 0 Å². The number of carbonyl (C=O) groups excluding carboxylic acids is 2. The van der Waals surface area contributed by atoms with Gasteiger partial charge in [0.2, 0.25) is 0 Å². The molecule has 2 N–H and O–H groups in total. The Labute approximate surface area is 117 Å². The van der Waals surface area contributed by atoms with E-state index in [0.717, 1.165) is 5.57 Å². The average Bonchev–Trinajstić information content (AvgIpc) is 2.71. The first-order valence-corrected chi connectivity index (χ1v) is 6.59. The van der Waals surface area contributed by atoms with Gasteiger partial charge in [-0.15, -0.1) is 0 Å². The van der Waals surface area contributed by atoms with Gasteiger partial charge >= 0.3 is 5.97 Å². The number of hydrogen-bond donors (Lipinski definition) is 2. The monoisotopic (exact) mass is 278 g/mol. The van der Waals surface area contributed by atoms with Crippen molar-refractivity contribution in [2.45, 2.75) is 31.5 Å². The summed E-state index contributed by atoms with van der Waals surface area (Å²) in [5, 5.41) is 19.6. The summed E-state index contributed by atoms with van der Waals surface area (Å²) in [5.41, 5.74) is 1.42. The predicted molar refractivity (Wildman–Crippen MR) is 71.7 cm³/mol. The Hall–Kier alpha value is -1.72. The van der Waals surface area contributed by atoms with Crippen molar-refractivity contribution < 1.29 is 24.5 Å². The Balaban J connectivity index is 2.36. The molecule has 0 aromatic rings. The van der Waals surface area contributed by atoms with Gasteiger partial charge in [0.25, 0.3) is 0 Å². The SMILES string of the molecule is C=C1C(=O)O[C@@H]2C=C(CO)CC/C=C(/C=O)C[C@@H](O)[C@@H]12. The van der Waals surface area contributed by atoms with E-state index in [0.29, 0.717) is 24.7 Å². The van der Waals surface area contributed by atoms with E-state index in [1.54, 1.807) is 12.2 Å². The zero-order chi connectivity index (χ0) is 14.7. The van der Waals surface area contributed by atoms with Crippen LogP contribution in [0.2, 0.25) is 0 Å². The molecule has 1 fully saturated rings. The molecule has 2 rings (SSSR count). The topological polar surface area (TPSA) is 83.8 Å². The van der Waals surface area contributed by atoms with E-state index in [9.17, 15) is 19.8 Å². The lowest BCUT2D eigenvalue weighted by molar-refractivity contribution is -0.137. The maximum Gasteiger partial charge on any atom is 0.334 e. The van der Waals surface area contributed by atoms with Gasteiger partial charge in [0.1, 0.15) is 12.4 Å². The summed E-state index contributed by atoms with van der Waals surface area (Å²) >= 11 is 0. The molecule has 0 bridgehead atoms. The van der Waals surface area contributed by atoms with E-state index in [4.69, 9.17) is 4.74 Å². The van der Waals surface area contributed by atoms with Gasteiger partial charge in [-0.25, -0.2) is 4.79 Å². The van der Waals surface area contributed by atoms with E-state index in [1.807, 2.05) is 0 Å². The fraction of sp³-hybridized carbons (Fsp3) is 0.467. The Morgan fingerprint density at radius 1 is 1.50 bits per heavy atom. The Kier molecular flexibility index (Phi) is 4.52. The van der Waals surface area contributed by atoms with E-state index < -0.39 is 24.1 Å². The highest BCUT2D eigenvalue weighted by Crippen LogP contribution is 2.34. The van der Waals surface area contributed by atoms with Crippen molar-refractivity contribution in [2.75, 3.05) is 6.61 Å². The third kappa shape index (κ3) is 2.89. The number of esters is 1. The highest BCUT2D eigenvalue weighted by atomic mass is 16.6. The average molecular weight is 278 g/mol. The number of rotatable bonds is 2. The summed E-state index contributed by atoms with van der Waals surface area (Å²) in [4.78, 5) is 22.6. The molecule has 108 valence electrons. The molecule has 1 heterocycles. The Morgan fingerprint density at radius 3 is 2.90 bits per heavy atom. The number of fused-ring (bicyclic) bond motifs is 1. The fourth-order valence-electron chi connectivity index (χ4n) is 2.63. The summed E-state index contributed by atoms with van der Waals surface area (Å²) in [6.45, 7) is 3.52. The summed E-state index contributed by atoms with van der Waals surface area (Å²) in [5.74, 6) is -1.12. The van der Waals surface area contributed by atoms with Crippen molar-refractivity contribution >= 4 is 12.3 Å². The fourth-order valence-corrected chi connectivity index (χ4v) is 2.63. The number of aliphatic hydroxyl groups excluding tert-OH is 2. The first-order valence-electron chi connectivity index (χ1n) is 6.59. The van der Waals surface area contributed by atoms with E-state index in [1.165, 1.54) is 0 Å². The molecule has 1 saturated heterocycles. The molecule has 1 aliphatic carbocycles. The van der Waals surface area contributed by atoms with Gasteiger partial charge in [-0.3, -0.25) is 4.79 Å². The number of aldehydes is 1. The predicted octanol–water partition coefficient (Wildman–Crippen LogP) is 0.673. The molecule has 5 nitrogen and oxygen atoms in total. The Morgan fingerprint density at radius 2 is 2.25 bits per heavy atom. The smallest absolute Gasteiger partial charge is 0.334 e. The van der Waals surface area contributed by atoms with Crippen molar-refractivity contribution in [1.82, 2.24) is 0 Å². The van der Waals surface area contributed by atoms with Crippen molar-refractivity contribution in [2.24, 2.45) is 5.92 Å². The summed E-state index contributed by atoms with van der Waals surface area (Å²) in [7, 11) is 0. The minimum absolute atomic E-state index is 0.145. The molecule has 0 radical (unpaired) electrons. The number of ether oxygens (including phenoxy) is 1. The first kappa shape index (κ1) is 14.7. The first-order chi connectivity index (χ1) is 9.56. The van der Waals surface area contributed by atoms with E-state index in [2.05, 4.69) is 6.58 Å². The minimum Gasteiger partial charge on any atom is -0.454 e. The molecule has 3 atom stereocenters. The molecule has 0 unspecified atom stereocenters. The highest BCUT2D eigenvalue weighted by Gasteiger charge is 2.42. The summed E-state index contributed by atoms with van der Waals surface area (Å²) in [6.07, 6.45) is 3.95. The van der Waals surface area contributed by atoms with Gasteiger partial charge < -0.3 is 14.9 Å². The zero-order valence-electron chi connectivity index (χ0n) is 11.1. The number of aliphatic hydroxyl groups is 2. The molecular formula is C15H18O5. The molecule has 2 aliphatic rings. The van der Waals surface area contributed by atoms with Crippen LogP contribution < -0.4 is 0 Å². The van der Waals surface area contributed by atoms with E-state index in [-0.39, 0.29) is 18.6 Å². The molecule has 0 aromatic carbocycles. The van der Waals surface area contributed by atoms with Crippen LogP contribution in [0.4, 0.5) is 0 Å². The standard InChI is InChI=1S/C15H18O5/c1-9-14-12(18)5-10(7-16)3-2-4-11(8-17)6-13(14)20-15(9)19/h3,6-7,12-14,17-18H,1-2,4-5,8H2/b10-3+,11-6?/t12-,13-,14-/m1/s1. The molecule has 0 amide bonds. The third-order valence-electron chi connectivity index (χ3n) is 3.75. The molecule has 0 spiro atoms. The Bertz CT molecular complexity index is 488. The molecule has 1 aliphatic heterocycles. The normalized spacial score (nSPS) is 33.6. The third-order valence-corrected chi connectivity index (χ3v) is 3.75. The van der Waals surface area contributed by atoms with Crippen molar-refractivity contribution in [3.05, 3.63) is 35.5 Å². The van der Waals surface area contributed by atoms with Gasteiger partial charge in [-0.1, -0.05) is 12.7 Å². The maximum absolute atomic E-state index is 11.6.